The molecule has 0 aromatic heterocycles. The molecule has 1 aromatic rings. The number of aromatic hydroxyl groups is 1. The Morgan fingerprint density at radius 1 is 1.12 bits per heavy atom. The molecule has 0 radical (unpaired) electrons. The molecule has 4 unspecified atom stereocenters. The Hall–Kier alpha value is -3.48. The predicted octanol–water partition coefficient (Wildman–Crippen LogP) is 2.85. The van der Waals surface area contributed by atoms with Crippen LogP contribution in [0.15, 0.2) is 52.6 Å². The second kappa shape index (κ2) is 7.54. The normalized spacial score (nSPS) is 28.9. The number of rotatable bonds is 3. The summed E-state index contributed by atoms with van der Waals surface area (Å²) in [6.07, 6.45) is 3.92. The van der Waals surface area contributed by atoms with Crippen LogP contribution in [0.4, 0.5) is 0 Å². The van der Waals surface area contributed by atoms with Gasteiger partial charge in [0.25, 0.3) is 0 Å². The lowest BCUT2D eigenvalue weighted by Gasteiger charge is -2.42. The Kier molecular flexibility index (Phi) is 4.88. The number of hydrogen-bond donors (Lipinski definition) is 1. The van der Waals surface area contributed by atoms with E-state index in [1.54, 1.807) is 26.0 Å². The average Bonchev–Trinajstić information content (AvgIpc) is 3.05. The minimum Gasteiger partial charge on any atom is -0.507 e. The van der Waals surface area contributed by atoms with Gasteiger partial charge in [-0.3, -0.25) is 24.1 Å². The molecule has 5 rings (SSSR count). The summed E-state index contributed by atoms with van der Waals surface area (Å²) in [5, 5.41) is 10.9. The van der Waals surface area contributed by atoms with Crippen LogP contribution >= 0.6 is 0 Å². The number of amides is 2. The highest BCUT2D eigenvalue weighted by Gasteiger charge is 2.56. The van der Waals surface area contributed by atoms with Crippen LogP contribution in [0.5, 0.6) is 11.5 Å². The molecule has 0 saturated carbocycles. The first-order valence-corrected chi connectivity index (χ1v) is 11.2. The zero-order valence-corrected chi connectivity index (χ0v) is 18.8. The molecule has 1 aromatic carbocycles. The topological polar surface area (TPSA) is 101 Å². The molecule has 33 heavy (non-hydrogen) atoms. The predicted molar refractivity (Wildman–Crippen MR) is 118 cm³/mol. The maximum absolute atomic E-state index is 13.2. The van der Waals surface area contributed by atoms with E-state index in [1.807, 2.05) is 6.08 Å². The molecule has 1 heterocycles. The standard InChI is InChI=1S/C26H25NO6/c1-4-27-25(31)16-8-7-14-17(22(16)26(27)32)11-18-23(20(29)9-12(2)24(18)30)21(14)15-6-5-13(33-3)10-19(15)28/h5-7,9-10,16-17,21-22,28H,4,8,11H2,1-3H3. The van der Waals surface area contributed by atoms with Crippen LogP contribution < -0.4 is 4.74 Å². The van der Waals surface area contributed by atoms with Crippen LogP contribution in [0.25, 0.3) is 0 Å². The fourth-order valence-corrected chi connectivity index (χ4v) is 6.01. The quantitative estimate of drug-likeness (QED) is 0.434. The van der Waals surface area contributed by atoms with Crippen molar-refractivity contribution in [1.82, 2.24) is 4.90 Å². The number of nitrogens with zero attached hydrogens (tertiary/aromatic N) is 1. The molecule has 170 valence electrons. The van der Waals surface area contributed by atoms with Crippen LogP contribution in [0.3, 0.4) is 0 Å². The Labute approximate surface area is 191 Å². The number of carbonyl (C=O) groups excluding carboxylic acids is 4. The van der Waals surface area contributed by atoms with Crippen molar-refractivity contribution in [2.24, 2.45) is 17.8 Å². The molecule has 4 aliphatic rings. The summed E-state index contributed by atoms with van der Waals surface area (Å²) in [5.74, 6) is -2.51. The molecule has 1 N–H and O–H groups in total. The summed E-state index contributed by atoms with van der Waals surface area (Å²) in [6, 6.07) is 4.87. The third-order valence-corrected chi connectivity index (χ3v) is 7.52. The molecular formula is C26H25NO6. The molecule has 7 nitrogen and oxygen atoms in total. The second-order valence-corrected chi connectivity index (χ2v) is 9.07. The van der Waals surface area contributed by atoms with E-state index in [9.17, 15) is 24.3 Å². The number of methoxy groups -OCH3 is 1. The number of likely N-dealkylation sites (tertiary alicyclic amines) is 1. The Balaban J connectivity index is 1.71. The minimum atomic E-state index is -0.662. The van der Waals surface area contributed by atoms with Crippen molar-refractivity contribution in [2.75, 3.05) is 13.7 Å². The lowest BCUT2D eigenvalue weighted by atomic mass is 9.59. The maximum Gasteiger partial charge on any atom is 0.233 e. The highest BCUT2D eigenvalue weighted by atomic mass is 16.5. The first kappa shape index (κ1) is 21.4. The van der Waals surface area contributed by atoms with E-state index in [0.717, 1.165) is 5.57 Å². The number of ketones is 2. The number of benzene rings is 1. The Bertz CT molecular complexity index is 1220. The monoisotopic (exact) mass is 447 g/mol. The number of hydrogen-bond acceptors (Lipinski definition) is 6. The SMILES string of the molecule is CCN1C(=O)C2CC=C3C(c4ccc(OC)cc4O)C4=C(CC3C2C1=O)C(=O)C(C)=CC4=O. The van der Waals surface area contributed by atoms with Gasteiger partial charge in [0.2, 0.25) is 11.8 Å². The molecule has 0 spiro atoms. The summed E-state index contributed by atoms with van der Waals surface area (Å²) >= 11 is 0. The van der Waals surface area contributed by atoms with Crippen molar-refractivity contribution in [3.05, 3.63) is 58.2 Å². The minimum absolute atomic E-state index is 0.0505. The van der Waals surface area contributed by atoms with Gasteiger partial charge < -0.3 is 9.84 Å². The van der Waals surface area contributed by atoms with Gasteiger partial charge in [-0.15, -0.1) is 0 Å². The van der Waals surface area contributed by atoms with Gasteiger partial charge in [0.05, 0.1) is 18.9 Å². The number of phenolic OH excluding ortho intramolecular Hbond substituents is 1. The van der Waals surface area contributed by atoms with Crippen LogP contribution in [0, 0.1) is 17.8 Å². The first-order valence-electron chi connectivity index (χ1n) is 11.2. The van der Waals surface area contributed by atoms with E-state index < -0.39 is 17.8 Å². The molecule has 1 aliphatic heterocycles. The van der Waals surface area contributed by atoms with E-state index in [1.165, 1.54) is 24.2 Å². The summed E-state index contributed by atoms with van der Waals surface area (Å²) in [4.78, 5) is 53.7. The number of allylic oxidation sites excluding steroid dienone is 6. The number of imide groups is 1. The van der Waals surface area contributed by atoms with E-state index in [2.05, 4.69) is 0 Å². The molecule has 2 amide bonds. The summed E-state index contributed by atoms with van der Waals surface area (Å²) < 4.78 is 5.20. The van der Waals surface area contributed by atoms with Gasteiger partial charge in [-0.2, -0.15) is 0 Å². The second-order valence-electron chi connectivity index (χ2n) is 9.07. The lowest BCUT2D eigenvalue weighted by molar-refractivity contribution is -0.139. The van der Waals surface area contributed by atoms with Crippen LogP contribution in [0.1, 0.15) is 38.2 Å². The zero-order valence-electron chi connectivity index (χ0n) is 18.8. The third-order valence-electron chi connectivity index (χ3n) is 7.52. The van der Waals surface area contributed by atoms with Gasteiger partial charge >= 0.3 is 0 Å². The zero-order chi connectivity index (χ0) is 23.6. The number of Topliss-reactive ketones (excluding diaryl/α,β-unsaturated/α-hetero) is 1. The fraction of sp³-hybridized carbons (Fsp3) is 0.385. The molecule has 1 fully saturated rings. The number of phenols is 1. The summed E-state index contributed by atoms with van der Waals surface area (Å²) in [7, 11) is 1.49. The van der Waals surface area contributed by atoms with E-state index in [-0.39, 0.29) is 41.5 Å². The Morgan fingerprint density at radius 2 is 1.88 bits per heavy atom. The van der Waals surface area contributed by atoms with Crippen molar-refractivity contribution in [2.45, 2.75) is 32.6 Å². The van der Waals surface area contributed by atoms with Gasteiger partial charge in [-0.05, 0) is 44.7 Å². The molecular weight excluding hydrogens is 422 g/mol. The summed E-state index contributed by atoms with van der Waals surface area (Å²) in [6.45, 7) is 3.70. The first-order chi connectivity index (χ1) is 15.8. The molecule has 3 aliphatic carbocycles. The Morgan fingerprint density at radius 3 is 2.55 bits per heavy atom. The molecule has 1 saturated heterocycles. The third kappa shape index (κ3) is 2.95. The van der Waals surface area contributed by atoms with Crippen LogP contribution in [-0.2, 0) is 19.2 Å². The smallest absolute Gasteiger partial charge is 0.233 e. The number of ether oxygens (including phenoxy) is 1. The molecule has 4 atom stereocenters. The largest absolute Gasteiger partial charge is 0.507 e. The summed E-state index contributed by atoms with van der Waals surface area (Å²) in [5.41, 5.74) is 2.41. The fourth-order valence-electron chi connectivity index (χ4n) is 6.01. The van der Waals surface area contributed by atoms with Crippen molar-refractivity contribution in [3.63, 3.8) is 0 Å². The van der Waals surface area contributed by atoms with Crippen LogP contribution in [0.2, 0.25) is 0 Å². The molecule has 0 bridgehead atoms. The highest BCUT2D eigenvalue weighted by Crippen LogP contribution is 2.56. The highest BCUT2D eigenvalue weighted by molar-refractivity contribution is 6.23. The van der Waals surface area contributed by atoms with Crippen molar-refractivity contribution in [3.8, 4) is 11.5 Å². The van der Waals surface area contributed by atoms with Crippen molar-refractivity contribution in [1.29, 1.82) is 0 Å². The molecule has 7 heteroatoms. The van der Waals surface area contributed by atoms with Crippen molar-refractivity contribution >= 4 is 23.4 Å². The number of carbonyl (C=O) groups is 4. The average molecular weight is 447 g/mol. The maximum atomic E-state index is 13.2. The van der Waals surface area contributed by atoms with Gasteiger partial charge in [0, 0.05) is 40.8 Å². The lowest BCUT2D eigenvalue weighted by Crippen LogP contribution is -2.39. The van der Waals surface area contributed by atoms with E-state index in [0.29, 0.717) is 41.0 Å². The van der Waals surface area contributed by atoms with Gasteiger partial charge in [-0.1, -0.05) is 17.7 Å². The van der Waals surface area contributed by atoms with Gasteiger partial charge in [0.1, 0.15) is 11.5 Å². The van der Waals surface area contributed by atoms with Crippen LogP contribution in [-0.4, -0.2) is 47.0 Å². The van der Waals surface area contributed by atoms with Gasteiger partial charge in [0.15, 0.2) is 11.6 Å². The van der Waals surface area contributed by atoms with Crippen molar-refractivity contribution < 1.29 is 29.0 Å². The van der Waals surface area contributed by atoms with Gasteiger partial charge in [-0.25, -0.2) is 0 Å². The number of fused-ring (bicyclic) bond motifs is 3. The van der Waals surface area contributed by atoms with E-state index in [4.69, 9.17) is 4.74 Å². The van der Waals surface area contributed by atoms with E-state index >= 15 is 0 Å².